The first-order valence-electron chi connectivity index (χ1n) is 15.1. The number of aryl methyl sites for hydroxylation is 2. The van der Waals surface area contributed by atoms with Gasteiger partial charge >= 0.3 is 21.1 Å². The number of aromatic nitrogens is 4. The zero-order valence-electron chi connectivity index (χ0n) is 25.9. The van der Waals surface area contributed by atoms with Crippen LogP contribution in [0.15, 0.2) is 103 Å². The number of fused-ring (bicyclic) bond motifs is 6. The molecule has 0 bridgehead atoms. The zero-order chi connectivity index (χ0) is 30.2. The molecule has 0 radical (unpaired) electrons. The molecule has 45 heavy (non-hydrogen) atoms. The second-order valence-corrected chi connectivity index (χ2v) is 12.8. The SMILES string of the molecule is Cc1ccc2c(c1)c1cc3c4cc(C)ccc4n(-c4cc(C(C)(C)C)ccn4)c3nc1n2-c1[c-]c(-c2[c-]cccc2)ccc1.[Pt+2]. The van der Waals surface area contributed by atoms with Gasteiger partial charge in [-0.15, -0.1) is 12.1 Å². The zero-order valence-corrected chi connectivity index (χ0v) is 28.2. The average molecular weight is 764 g/mol. The Labute approximate surface area is 277 Å². The van der Waals surface area contributed by atoms with E-state index in [0.717, 1.165) is 55.7 Å². The standard InChI is InChI=1S/C40H32N4.Pt/c1-25-14-16-35-31(20-25)33-24-34-32-21-26(2)15-17-36(32)44(37-23-29(18-19-41-37)40(3,4)5)39(34)42-38(33)43(35)30-13-9-12-28(22-30)27-10-7-6-8-11-27;/h6-10,12-21,23-24H,1-5H3;/q-2;+2. The number of hydrogen-bond donors (Lipinski definition) is 0. The van der Waals surface area contributed by atoms with E-state index in [2.05, 4.69) is 135 Å². The topological polar surface area (TPSA) is 35.6 Å². The summed E-state index contributed by atoms with van der Waals surface area (Å²) in [5.74, 6) is 0.875. The van der Waals surface area contributed by atoms with Gasteiger partial charge in [0, 0.05) is 27.7 Å². The summed E-state index contributed by atoms with van der Waals surface area (Å²) in [7, 11) is 0. The molecule has 4 aromatic heterocycles. The number of benzene rings is 4. The Balaban J connectivity index is 0.00000325. The minimum atomic E-state index is -0.00491. The fraction of sp³-hybridized carbons (Fsp3) is 0.150. The van der Waals surface area contributed by atoms with Crippen molar-refractivity contribution < 1.29 is 21.1 Å². The Morgan fingerprint density at radius 3 is 1.98 bits per heavy atom. The molecule has 0 fully saturated rings. The van der Waals surface area contributed by atoms with Crippen molar-refractivity contribution in [3.8, 4) is 22.6 Å². The predicted octanol–water partition coefficient (Wildman–Crippen LogP) is 9.85. The molecule has 0 aliphatic rings. The quantitative estimate of drug-likeness (QED) is 0.168. The summed E-state index contributed by atoms with van der Waals surface area (Å²) in [6.07, 6.45) is 1.92. The molecule has 0 aliphatic carbocycles. The van der Waals surface area contributed by atoms with Crippen molar-refractivity contribution in [2.75, 3.05) is 0 Å². The van der Waals surface area contributed by atoms with Crippen LogP contribution >= 0.6 is 0 Å². The summed E-state index contributed by atoms with van der Waals surface area (Å²) in [5, 5.41) is 4.61. The van der Waals surface area contributed by atoms with Crippen LogP contribution in [-0.4, -0.2) is 19.1 Å². The Kier molecular flexibility index (Phi) is 7.02. The number of nitrogens with zero attached hydrogens (tertiary/aromatic N) is 4. The van der Waals surface area contributed by atoms with E-state index in [1.54, 1.807) is 0 Å². The fourth-order valence-electron chi connectivity index (χ4n) is 6.37. The van der Waals surface area contributed by atoms with Gasteiger partial charge in [-0.2, -0.15) is 42.5 Å². The first kappa shape index (κ1) is 29.2. The summed E-state index contributed by atoms with van der Waals surface area (Å²) in [6.45, 7) is 11.0. The molecule has 0 atom stereocenters. The van der Waals surface area contributed by atoms with Crippen molar-refractivity contribution in [3.05, 3.63) is 132 Å². The molecule has 0 unspecified atom stereocenters. The minimum Gasteiger partial charge on any atom is -0.313 e. The van der Waals surface area contributed by atoms with Gasteiger partial charge in [0.1, 0.15) is 17.1 Å². The number of pyridine rings is 2. The van der Waals surface area contributed by atoms with Gasteiger partial charge in [0.05, 0.1) is 11.0 Å². The molecule has 8 aromatic rings. The van der Waals surface area contributed by atoms with E-state index in [4.69, 9.17) is 9.97 Å². The molecule has 0 spiro atoms. The summed E-state index contributed by atoms with van der Waals surface area (Å²) in [6, 6.07) is 41.3. The Bertz CT molecular complexity index is 2390. The Morgan fingerprint density at radius 1 is 0.644 bits per heavy atom. The van der Waals surface area contributed by atoms with E-state index in [1.165, 1.54) is 27.5 Å². The first-order chi connectivity index (χ1) is 21.3. The van der Waals surface area contributed by atoms with Gasteiger partial charge in [0.25, 0.3) is 0 Å². The van der Waals surface area contributed by atoms with Crippen LogP contribution in [0.2, 0.25) is 0 Å². The summed E-state index contributed by atoms with van der Waals surface area (Å²) < 4.78 is 4.48. The largest absolute Gasteiger partial charge is 2.00 e. The molecule has 222 valence electrons. The van der Waals surface area contributed by atoms with Crippen LogP contribution in [0.5, 0.6) is 0 Å². The molecule has 4 heterocycles. The van der Waals surface area contributed by atoms with Crippen molar-refractivity contribution in [2.24, 2.45) is 0 Å². The molecule has 0 saturated heterocycles. The van der Waals surface area contributed by atoms with E-state index < -0.39 is 0 Å². The normalized spacial score (nSPS) is 11.9. The second-order valence-electron chi connectivity index (χ2n) is 12.8. The molecule has 0 N–H and O–H groups in total. The third kappa shape index (κ3) is 4.80. The van der Waals surface area contributed by atoms with Crippen LogP contribution in [0.1, 0.15) is 37.5 Å². The van der Waals surface area contributed by atoms with E-state index >= 15 is 0 Å². The maximum atomic E-state index is 5.52. The van der Waals surface area contributed by atoms with Crippen LogP contribution in [0.4, 0.5) is 0 Å². The molecule has 4 aromatic carbocycles. The maximum absolute atomic E-state index is 5.52. The van der Waals surface area contributed by atoms with Gasteiger partial charge in [-0.25, -0.2) is 21.1 Å². The van der Waals surface area contributed by atoms with Gasteiger partial charge in [-0.05, 0) is 73.0 Å². The molecule has 0 saturated carbocycles. The number of rotatable bonds is 3. The van der Waals surface area contributed by atoms with E-state index in [9.17, 15) is 0 Å². The molecule has 4 nitrogen and oxygen atoms in total. The van der Waals surface area contributed by atoms with Gasteiger partial charge in [0.2, 0.25) is 0 Å². The summed E-state index contributed by atoms with van der Waals surface area (Å²) in [4.78, 5) is 10.4. The number of hydrogen-bond acceptors (Lipinski definition) is 2. The van der Waals surface area contributed by atoms with E-state index in [-0.39, 0.29) is 26.5 Å². The molecular weight excluding hydrogens is 732 g/mol. The molecular formula is C40H32N4Pt. The van der Waals surface area contributed by atoms with Crippen LogP contribution in [0, 0.1) is 26.0 Å². The minimum absolute atomic E-state index is 0. The van der Waals surface area contributed by atoms with Gasteiger partial charge in [0.15, 0.2) is 0 Å². The third-order valence-corrected chi connectivity index (χ3v) is 8.63. The molecule has 5 heteroatoms. The van der Waals surface area contributed by atoms with Gasteiger partial charge < -0.3 is 4.57 Å². The van der Waals surface area contributed by atoms with Crippen LogP contribution < -0.4 is 0 Å². The van der Waals surface area contributed by atoms with Crippen molar-refractivity contribution in [1.29, 1.82) is 0 Å². The van der Waals surface area contributed by atoms with Crippen LogP contribution in [0.3, 0.4) is 0 Å². The van der Waals surface area contributed by atoms with Crippen molar-refractivity contribution in [1.82, 2.24) is 19.1 Å². The van der Waals surface area contributed by atoms with Crippen LogP contribution in [-0.2, 0) is 26.5 Å². The van der Waals surface area contributed by atoms with Gasteiger partial charge in [-0.1, -0.05) is 44.0 Å². The third-order valence-electron chi connectivity index (χ3n) is 8.63. The average Bonchev–Trinajstić information content (AvgIpc) is 3.51. The molecule has 0 amide bonds. The summed E-state index contributed by atoms with van der Waals surface area (Å²) >= 11 is 0. The van der Waals surface area contributed by atoms with E-state index in [0.29, 0.717) is 0 Å². The van der Waals surface area contributed by atoms with Crippen LogP contribution in [0.25, 0.3) is 66.5 Å². The Morgan fingerprint density at radius 2 is 1.31 bits per heavy atom. The van der Waals surface area contributed by atoms with Crippen molar-refractivity contribution in [2.45, 2.75) is 40.0 Å². The van der Waals surface area contributed by atoms with Crippen molar-refractivity contribution >= 4 is 43.9 Å². The maximum Gasteiger partial charge on any atom is 2.00 e. The monoisotopic (exact) mass is 763 g/mol. The second kappa shape index (κ2) is 10.8. The first-order valence-corrected chi connectivity index (χ1v) is 15.1. The molecule has 0 aliphatic heterocycles. The fourth-order valence-corrected chi connectivity index (χ4v) is 6.37. The smallest absolute Gasteiger partial charge is 0.313 e. The predicted molar refractivity (Wildman–Crippen MR) is 182 cm³/mol. The van der Waals surface area contributed by atoms with E-state index in [1.807, 2.05) is 24.4 Å². The Hall–Kier alpha value is -4.53. The van der Waals surface area contributed by atoms with Gasteiger partial charge in [-0.3, -0.25) is 4.57 Å². The molecule has 8 rings (SSSR count). The van der Waals surface area contributed by atoms with Crippen molar-refractivity contribution in [3.63, 3.8) is 0 Å². The summed E-state index contributed by atoms with van der Waals surface area (Å²) in [5.41, 5.74) is 10.6.